The molecule has 196 valence electrons. The van der Waals surface area contributed by atoms with Crippen molar-refractivity contribution in [2.45, 2.75) is 13.8 Å². The van der Waals surface area contributed by atoms with E-state index in [0.29, 0.717) is 0 Å². The van der Waals surface area contributed by atoms with Crippen LogP contribution in [0.5, 0.6) is 11.5 Å². The molecule has 0 radical (unpaired) electrons. The third-order valence-electron chi connectivity index (χ3n) is 3.89. The lowest BCUT2D eigenvalue weighted by Gasteiger charge is -2.13. The van der Waals surface area contributed by atoms with E-state index in [4.69, 9.17) is 25.2 Å². The zero-order valence-electron chi connectivity index (χ0n) is 19.4. The number of hydrogen-bond donors (Lipinski definition) is 6. The van der Waals surface area contributed by atoms with E-state index < -0.39 is 69.6 Å². The van der Waals surface area contributed by atoms with Gasteiger partial charge >= 0.3 is 35.8 Å². The molecule has 0 amide bonds. The zero-order valence-corrected chi connectivity index (χ0v) is 19.4. The predicted molar refractivity (Wildman–Crippen MR) is 126 cm³/mol. The van der Waals surface area contributed by atoms with Gasteiger partial charge in [0.25, 0.3) is 0 Å². The molecule has 0 heterocycles. The Morgan fingerprint density at radius 1 is 0.568 bits per heavy atom. The molecule has 0 unspecified atom stereocenters. The molecular weight excluding hydrogens is 496 g/mol. The summed E-state index contributed by atoms with van der Waals surface area (Å²) in [5.41, 5.74) is -2.14. The van der Waals surface area contributed by atoms with Gasteiger partial charge in [-0.25, -0.2) is 28.8 Å². The summed E-state index contributed by atoms with van der Waals surface area (Å²) >= 11 is 0. The van der Waals surface area contributed by atoms with E-state index in [1.54, 1.807) is 0 Å². The number of benzene rings is 2. The lowest BCUT2D eigenvalue weighted by molar-refractivity contribution is -0.133. The van der Waals surface area contributed by atoms with Gasteiger partial charge < -0.3 is 35.4 Å². The SMILES string of the molecule is C=C(C)C(=O)O.C=C(C)C(=O)O.O=C(O)c1cccc(Oc2cccc(C(=O)O)c2C(=O)O)c1C(=O)O. The van der Waals surface area contributed by atoms with Crippen molar-refractivity contribution in [3.05, 3.63) is 83.0 Å². The van der Waals surface area contributed by atoms with E-state index in [-0.39, 0.29) is 11.1 Å². The van der Waals surface area contributed by atoms with Crippen LogP contribution in [0.15, 0.2) is 60.7 Å². The van der Waals surface area contributed by atoms with E-state index in [9.17, 15) is 39.0 Å². The molecule has 0 fully saturated rings. The van der Waals surface area contributed by atoms with Gasteiger partial charge in [0.2, 0.25) is 0 Å². The fourth-order valence-electron chi connectivity index (χ4n) is 2.15. The Bertz CT molecular complexity index is 1150. The highest BCUT2D eigenvalue weighted by Gasteiger charge is 2.25. The number of aromatic carboxylic acids is 4. The Labute approximate surface area is 208 Å². The normalized spacial score (nSPS) is 9.24. The Balaban J connectivity index is 0.000000896. The number of carboxylic acids is 6. The molecule has 2 aromatic carbocycles. The molecule has 13 nitrogen and oxygen atoms in total. The smallest absolute Gasteiger partial charge is 0.340 e. The van der Waals surface area contributed by atoms with Gasteiger partial charge in [0.1, 0.15) is 22.6 Å². The van der Waals surface area contributed by atoms with Crippen LogP contribution in [0.1, 0.15) is 55.3 Å². The Kier molecular flexibility index (Phi) is 12.0. The minimum Gasteiger partial charge on any atom is -0.478 e. The highest BCUT2D eigenvalue weighted by molar-refractivity contribution is 6.05. The van der Waals surface area contributed by atoms with Crippen molar-refractivity contribution in [3.63, 3.8) is 0 Å². The second-order valence-corrected chi connectivity index (χ2v) is 6.85. The summed E-state index contributed by atoms with van der Waals surface area (Å²) in [5, 5.41) is 52.4. The van der Waals surface area contributed by atoms with Crippen molar-refractivity contribution in [1.82, 2.24) is 0 Å². The van der Waals surface area contributed by atoms with Crippen molar-refractivity contribution >= 4 is 35.8 Å². The van der Waals surface area contributed by atoms with E-state index in [0.717, 1.165) is 24.3 Å². The van der Waals surface area contributed by atoms with Crippen molar-refractivity contribution in [1.29, 1.82) is 0 Å². The molecule has 6 N–H and O–H groups in total. The largest absolute Gasteiger partial charge is 0.478 e. The summed E-state index contributed by atoms with van der Waals surface area (Å²) in [5.74, 6) is -8.96. The maximum Gasteiger partial charge on any atom is 0.340 e. The van der Waals surface area contributed by atoms with Gasteiger partial charge in [-0.1, -0.05) is 25.3 Å². The summed E-state index contributed by atoms with van der Waals surface area (Å²) in [7, 11) is 0. The summed E-state index contributed by atoms with van der Waals surface area (Å²) in [6.07, 6.45) is 0. The van der Waals surface area contributed by atoms with Crippen LogP contribution in [-0.2, 0) is 9.59 Å². The summed E-state index contributed by atoms with van der Waals surface area (Å²) in [4.78, 5) is 64.3. The Hall–Kier alpha value is -5.46. The fourth-order valence-corrected chi connectivity index (χ4v) is 2.15. The van der Waals surface area contributed by atoms with Crippen LogP contribution in [0.25, 0.3) is 0 Å². The van der Waals surface area contributed by atoms with E-state index in [2.05, 4.69) is 13.2 Å². The van der Waals surface area contributed by atoms with Crippen molar-refractivity contribution in [2.75, 3.05) is 0 Å². The molecule has 37 heavy (non-hydrogen) atoms. The zero-order chi connectivity index (χ0) is 29.0. The first-order valence-corrected chi connectivity index (χ1v) is 9.67. The molecule has 2 rings (SSSR count). The standard InChI is InChI=1S/C16H10O9.2C4H6O2/c17-13(18)7-3-1-5-9(11(7)15(21)22)25-10-6-2-4-8(14(19)20)12(10)16(23)24;2*1-3(2)4(5)6/h1-6H,(H,17,18)(H,19,20)(H,21,22)(H,23,24);2*1H2,2H3,(H,5,6). The molecule has 0 saturated heterocycles. The topological polar surface area (TPSA) is 233 Å². The predicted octanol–water partition coefficient (Wildman–Crippen LogP) is 3.57. The number of carbonyl (C=O) groups is 6. The van der Waals surface area contributed by atoms with E-state index in [1.807, 2.05) is 0 Å². The van der Waals surface area contributed by atoms with Crippen molar-refractivity contribution in [2.24, 2.45) is 0 Å². The summed E-state index contributed by atoms with van der Waals surface area (Å²) in [6, 6.07) is 6.79. The van der Waals surface area contributed by atoms with Gasteiger partial charge in [-0.3, -0.25) is 0 Å². The number of hydrogen-bond acceptors (Lipinski definition) is 7. The van der Waals surface area contributed by atoms with Gasteiger partial charge in [-0.2, -0.15) is 0 Å². The van der Waals surface area contributed by atoms with E-state index in [1.165, 1.54) is 26.0 Å². The number of aliphatic carboxylic acids is 2. The number of ether oxygens (including phenoxy) is 1. The molecule has 0 aromatic heterocycles. The molecule has 13 heteroatoms. The lowest BCUT2D eigenvalue weighted by atomic mass is 10.1. The molecule has 0 atom stereocenters. The average Bonchev–Trinajstić information content (AvgIpc) is 2.78. The molecule has 2 aromatic rings. The van der Waals surface area contributed by atoms with Gasteiger partial charge in [-0.05, 0) is 38.1 Å². The highest BCUT2D eigenvalue weighted by Crippen LogP contribution is 2.32. The van der Waals surface area contributed by atoms with E-state index >= 15 is 0 Å². The molecule has 0 saturated carbocycles. The number of rotatable bonds is 8. The maximum atomic E-state index is 11.4. The second-order valence-electron chi connectivity index (χ2n) is 6.85. The van der Waals surface area contributed by atoms with Crippen LogP contribution >= 0.6 is 0 Å². The fraction of sp³-hybridized carbons (Fsp3) is 0.0833. The number of carboxylic acid groups (broad SMARTS) is 6. The summed E-state index contributed by atoms with van der Waals surface area (Å²) < 4.78 is 5.26. The van der Waals surface area contributed by atoms with Crippen molar-refractivity contribution < 1.29 is 64.1 Å². The van der Waals surface area contributed by atoms with Gasteiger partial charge in [0.15, 0.2) is 0 Å². The Morgan fingerprint density at radius 2 is 0.838 bits per heavy atom. The Morgan fingerprint density at radius 3 is 1.03 bits per heavy atom. The quantitative estimate of drug-likeness (QED) is 0.275. The minimum absolute atomic E-state index is 0.176. The first-order chi connectivity index (χ1) is 17.0. The molecule has 0 bridgehead atoms. The van der Waals surface area contributed by atoms with Gasteiger partial charge in [0.05, 0.1) is 11.1 Å². The highest BCUT2D eigenvalue weighted by atomic mass is 16.5. The third-order valence-corrected chi connectivity index (χ3v) is 3.89. The molecule has 0 spiro atoms. The van der Waals surface area contributed by atoms with Gasteiger partial charge in [-0.15, -0.1) is 0 Å². The van der Waals surface area contributed by atoms with Crippen LogP contribution in [0, 0.1) is 0 Å². The van der Waals surface area contributed by atoms with Gasteiger partial charge in [0, 0.05) is 11.1 Å². The van der Waals surface area contributed by atoms with Crippen LogP contribution in [0.3, 0.4) is 0 Å². The lowest BCUT2D eigenvalue weighted by Crippen LogP contribution is -2.12. The van der Waals surface area contributed by atoms with Crippen LogP contribution in [0.4, 0.5) is 0 Å². The third kappa shape index (κ3) is 9.74. The first-order valence-electron chi connectivity index (χ1n) is 9.67. The first kappa shape index (κ1) is 31.5. The van der Waals surface area contributed by atoms with Crippen molar-refractivity contribution in [3.8, 4) is 11.5 Å². The molecule has 0 aliphatic carbocycles. The minimum atomic E-state index is -1.60. The summed E-state index contributed by atoms with van der Waals surface area (Å²) in [6.45, 7) is 9.20. The van der Waals surface area contributed by atoms with Crippen LogP contribution < -0.4 is 4.74 Å². The van der Waals surface area contributed by atoms with Crippen LogP contribution in [-0.4, -0.2) is 66.5 Å². The molecule has 0 aliphatic rings. The van der Waals surface area contributed by atoms with Crippen LogP contribution in [0.2, 0.25) is 0 Å². The second kappa shape index (κ2) is 14.1. The molecular formula is C24H22O13. The average molecular weight is 518 g/mol. The molecule has 0 aliphatic heterocycles. The monoisotopic (exact) mass is 518 g/mol. The maximum absolute atomic E-state index is 11.4.